The van der Waals surface area contributed by atoms with E-state index in [0.29, 0.717) is 32.1 Å². The second-order valence-electron chi connectivity index (χ2n) is 10.2. The Kier molecular flexibility index (Phi) is 6.50. The normalized spacial score (nSPS) is 22.3. The van der Waals surface area contributed by atoms with Crippen LogP contribution < -0.4 is 10.6 Å². The number of carbonyl (C=O) groups is 3. The summed E-state index contributed by atoms with van der Waals surface area (Å²) in [5, 5.41) is 15.2. The lowest BCUT2D eigenvalue weighted by Gasteiger charge is -2.29. The van der Waals surface area contributed by atoms with Gasteiger partial charge in [0.1, 0.15) is 6.61 Å². The van der Waals surface area contributed by atoms with Crippen molar-refractivity contribution in [2.24, 2.45) is 11.3 Å². The van der Waals surface area contributed by atoms with E-state index in [-0.39, 0.29) is 31.0 Å². The Labute approximate surface area is 205 Å². The molecule has 3 aliphatic carbocycles. The molecule has 0 aliphatic heterocycles. The number of amides is 2. The van der Waals surface area contributed by atoms with Gasteiger partial charge < -0.3 is 20.5 Å². The molecular formula is C28H32N2O5. The summed E-state index contributed by atoms with van der Waals surface area (Å²) in [6, 6.07) is 16.3. The van der Waals surface area contributed by atoms with Gasteiger partial charge in [-0.25, -0.2) is 4.79 Å². The van der Waals surface area contributed by atoms with Crippen LogP contribution in [-0.2, 0) is 14.3 Å². The van der Waals surface area contributed by atoms with E-state index < -0.39 is 23.4 Å². The number of carboxylic acid groups (broad SMARTS) is 1. The highest BCUT2D eigenvalue weighted by molar-refractivity contribution is 5.84. The highest BCUT2D eigenvalue weighted by Gasteiger charge is 2.43. The Morgan fingerprint density at radius 3 is 2.17 bits per heavy atom. The number of fused-ring (bicyclic) bond motifs is 3. The van der Waals surface area contributed by atoms with E-state index in [2.05, 4.69) is 34.9 Å². The second kappa shape index (κ2) is 9.72. The fraction of sp³-hybridized carbons (Fsp3) is 0.464. The number of aliphatic carboxylic acids is 1. The maximum Gasteiger partial charge on any atom is 0.407 e. The highest BCUT2D eigenvalue weighted by atomic mass is 16.5. The van der Waals surface area contributed by atoms with Crippen molar-refractivity contribution in [2.45, 2.75) is 56.9 Å². The maximum atomic E-state index is 13.2. The lowest BCUT2D eigenvalue weighted by molar-refractivity contribution is -0.141. The summed E-state index contributed by atoms with van der Waals surface area (Å²) in [6.45, 7) is 0.461. The number of hydrogen-bond donors (Lipinski definition) is 3. The van der Waals surface area contributed by atoms with Gasteiger partial charge in [-0.2, -0.15) is 0 Å². The van der Waals surface area contributed by atoms with Crippen molar-refractivity contribution >= 4 is 18.0 Å². The van der Waals surface area contributed by atoms with Crippen LogP contribution in [0.25, 0.3) is 11.1 Å². The number of rotatable bonds is 7. The van der Waals surface area contributed by atoms with Crippen LogP contribution in [0.15, 0.2) is 48.5 Å². The summed E-state index contributed by atoms with van der Waals surface area (Å²) in [5.74, 6) is -1.28. The second-order valence-corrected chi connectivity index (χ2v) is 10.2. The summed E-state index contributed by atoms with van der Waals surface area (Å²) in [7, 11) is 0. The van der Waals surface area contributed by atoms with Crippen molar-refractivity contribution in [3.05, 3.63) is 59.7 Å². The van der Waals surface area contributed by atoms with E-state index in [0.717, 1.165) is 24.0 Å². The molecule has 2 unspecified atom stereocenters. The van der Waals surface area contributed by atoms with E-state index in [4.69, 9.17) is 4.74 Å². The first-order valence-corrected chi connectivity index (χ1v) is 12.6. The van der Waals surface area contributed by atoms with Gasteiger partial charge in [-0.15, -0.1) is 0 Å². The molecule has 2 amide bonds. The third kappa shape index (κ3) is 4.64. The van der Waals surface area contributed by atoms with Crippen molar-refractivity contribution < 1.29 is 24.2 Å². The van der Waals surface area contributed by atoms with E-state index in [1.165, 1.54) is 11.1 Å². The van der Waals surface area contributed by atoms with Gasteiger partial charge in [0.25, 0.3) is 0 Å². The van der Waals surface area contributed by atoms with Gasteiger partial charge in [0.15, 0.2) is 0 Å². The largest absolute Gasteiger partial charge is 0.481 e. The van der Waals surface area contributed by atoms with Gasteiger partial charge in [-0.1, -0.05) is 61.4 Å². The quantitative estimate of drug-likeness (QED) is 0.547. The number of benzene rings is 2. The Balaban J connectivity index is 1.18. The molecule has 0 heterocycles. The van der Waals surface area contributed by atoms with E-state index in [1.54, 1.807) is 0 Å². The van der Waals surface area contributed by atoms with Crippen LogP contribution in [-0.4, -0.2) is 42.3 Å². The Hall–Kier alpha value is -3.35. The molecule has 184 valence electrons. The van der Waals surface area contributed by atoms with Gasteiger partial charge in [0.2, 0.25) is 5.91 Å². The van der Waals surface area contributed by atoms with Gasteiger partial charge in [-0.05, 0) is 54.4 Å². The average molecular weight is 477 g/mol. The molecule has 2 fully saturated rings. The standard InChI is InChI=1S/C28H32N2O5/c31-25(32)18-11-12-19(15-18)30-26(33)28(13-5-6-14-28)17-29-27(34)35-16-24-22-9-3-1-7-20(22)21-8-2-4-10-23(21)24/h1-4,7-10,18-19,24H,5-6,11-17H2,(H,29,34)(H,30,33)(H,31,32). The third-order valence-corrected chi connectivity index (χ3v) is 8.07. The monoisotopic (exact) mass is 476 g/mol. The minimum atomic E-state index is -0.797. The maximum absolute atomic E-state index is 13.2. The van der Waals surface area contributed by atoms with Crippen molar-refractivity contribution in [3.8, 4) is 11.1 Å². The van der Waals surface area contributed by atoms with Crippen LogP contribution in [0.3, 0.4) is 0 Å². The van der Waals surface area contributed by atoms with E-state index >= 15 is 0 Å². The lowest BCUT2D eigenvalue weighted by Crippen LogP contribution is -2.49. The molecule has 0 saturated heterocycles. The number of nitrogens with one attached hydrogen (secondary N) is 2. The van der Waals surface area contributed by atoms with Gasteiger partial charge in [-0.3, -0.25) is 9.59 Å². The molecule has 5 rings (SSSR count). The Bertz CT molecular complexity index is 1080. The lowest BCUT2D eigenvalue weighted by atomic mass is 9.84. The molecule has 2 aromatic rings. The molecule has 7 heteroatoms. The Morgan fingerprint density at radius 2 is 1.57 bits per heavy atom. The van der Waals surface area contributed by atoms with E-state index in [9.17, 15) is 19.5 Å². The fourth-order valence-electron chi connectivity index (χ4n) is 6.10. The summed E-state index contributed by atoms with van der Waals surface area (Å²) < 4.78 is 5.65. The molecule has 0 aromatic heterocycles. The molecule has 35 heavy (non-hydrogen) atoms. The zero-order valence-electron chi connectivity index (χ0n) is 19.8. The number of carboxylic acids is 1. The van der Waals surface area contributed by atoms with Gasteiger partial charge in [0, 0.05) is 18.5 Å². The number of hydrogen-bond acceptors (Lipinski definition) is 4. The van der Waals surface area contributed by atoms with Crippen molar-refractivity contribution in [1.82, 2.24) is 10.6 Å². The molecule has 0 spiro atoms. The van der Waals surface area contributed by atoms with Crippen molar-refractivity contribution in [3.63, 3.8) is 0 Å². The highest BCUT2D eigenvalue weighted by Crippen LogP contribution is 2.44. The molecule has 2 aromatic carbocycles. The number of alkyl carbamates (subject to hydrolysis) is 1. The number of ether oxygens (including phenoxy) is 1. The third-order valence-electron chi connectivity index (χ3n) is 8.07. The summed E-state index contributed by atoms with van der Waals surface area (Å²) >= 11 is 0. The van der Waals surface area contributed by atoms with Gasteiger partial charge in [0.05, 0.1) is 11.3 Å². The first-order chi connectivity index (χ1) is 17.0. The van der Waals surface area contributed by atoms with Crippen molar-refractivity contribution in [1.29, 1.82) is 0 Å². The van der Waals surface area contributed by atoms with Crippen LogP contribution >= 0.6 is 0 Å². The number of carbonyl (C=O) groups excluding carboxylic acids is 2. The van der Waals surface area contributed by atoms with Crippen LogP contribution in [0.2, 0.25) is 0 Å². The topological polar surface area (TPSA) is 105 Å². The molecule has 2 saturated carbocycles. The molecule has 0 radical (unpaired) electrons. The molecule has 3 N–H and O–H groups in total. The zero-order chi connectivity index (χ0) is 24.4. The molecular weight excluding hydrogens is 444 g/mol. The smallest absolute Gasteiger partial charge is 0.407 e. The molecule has 3 aliphatic rings. The van der Waals surface area contributed by atoms with Crippen LogP contribution in [0.4, 0.5) is 4.79 Å². The van der Waals surface area contributed by atoms with E-state index in [1.807, 2.05) is 24.3 Å². The average Bonchev–Trinajstić information content (AvgIpc) is 3.60. The van der Waals surface area contributed by atoms with Crippen LogP contribution in [0.5, 0.6) is 0 Å². The molecule has 0 bridgehead atoms. The predicted octanol–water partition coefficient (Wildman–Crippen LogP) is 4.46. The van der Waals surface area contributed by atoms with Crippen LogP contribution in [0.1, 0.15) is 62.0 Å². The minimum absolute atomic E-state index is 0.0126. The Morgan fingerprint density at radius 1 is 0.943 bits per heavy atom. The summed E-state index contributed by atoms with van der Waals surface area (Å²) in [6.07, 6.45) is 4.50. The SMILES string of the molecule is O=C(NCC1(C(=O)NC2CCC(C(=O)O)C2)CCCC1)OCC1c2ccccc2-c2ccccc21. The first-order valence-electron chi connectivity index (χ1n) is 12.6. The summed E-state index contributed by atoms with van der Waals surface area (Å²) in [4.78, 5) is 37.1. The fourth-order valence-corrected chi connectivity index (χ4v) is 6.10. The predicted molar refractivity (Wildman–Crippen MR) is 131 cm³/mol. The molecule has 7 nitrogen and oxygen atoms in total. The minimum Gasteiger partial charge on any atom is -0.481 e. The van der Waals surface area contributed by atoms with Gasteiger partial charge >= 0.3 is 12.1 Å². The summed E-state index contributed by atoms with van der Waals surface area (Å²) in [5.41, 5.74) is 4.01. The first kappa shape index (κ1) is 23.4. The van der Waals surface area contributed by atoms with Crippen LogP contribution in [0, 0.1) is 11.3 Å². The van der Waals surface area contributed by atoms with Crippen molar-refractivity contribution in [2.75, 3.05) is 13.2 Å². The molecule has 2 atom stereocenters. The zero-order valence-corrected chi connectivity index (χ0v) is 19.8.